The zero-order valence-corrected chi connectivity index (χ0v) is 15.8. The molecule has 1 aromatic heterocycles. The fourth-order valence-electron chi connectivity index (χ4n) is 2.38. The quantitative estimate of drug-likeness (QED) is 0.455. The summed E-state index contributed by atoms with van der Waals surface area (Å²) in [6.07, 6.45) is 2.09. The highest BCUT2D eigenvalue weighted by molar-refractivity contribution is 6.33. The molecule has 0 bridgehead atoms. The van der Waals surface area contributed by atoms with Gasteiger partial charge in [-0.1, -0.05) is 24.6 Å². The van der Waals surface area contributed by atoms with Crippen LogP contribution >= 0.6 is 11.6 Å². The van der Waals surface area contributed by atoms with Crippen LogP contribution in [0.3, 0.4) is 0 Å². The van der Waals surface area contributed by atoms with Gasteiger partial charge in [-0.3, -0.25) is 9.89 Å². The molecule has 1 heterocycles. The van der Waals surface area contributed by atoms with E-state index >= 15 is 0 Å². The smallest absolute Gasteiger partial charge is 0.289 e. The molecule has 0 spiro atoms. The van der Waals surface area contributed by atoms with E-state index in [1.807, 2.05) is 31.2 Å². The van der Waals surface area contributed by atoms with Crippen LogP contribution in [-0.2, 0) is 0 Å². The molecule has 2 aromatic carbocycles. The number of nitrogens with zero attached hydrogens (tertiary/aromatic N) is 2. The van der Waals surface area contributed by atoms with Crippen LogP contribution in [0.25, 0.3) is 11.3 Å². The van der Waals surface area contributed by atoms with Crippen molar-refractivity contribution in [2.45, 2.75) is 13.3 Å². The van der Waals surface area contributed by atoms with Gasteiger partial charge >= 0.3 is 0 Å². The van der Waals surface area contributed by atoms with Crippen LogP contribution in [0.5, 0.6) is 5.75 Å². The van der Waals surface area contributed by atoms with Gasteiger partial charge in [0.25, 0.3) is 5.91 Å². The highest BCUT2D eigenvalue weighted by atomic mass is 35.5. The molecule has 144 valence electrons. The number of carbonyl (C=O) groups excluding carboxylic acids is 1. The molecule has 0 atom stereocenters. The van der Waals surface area contributed by atoms with Crippen LogP contribution in [0.1, 0.15) is 29.4 Å². The number of hydrazone groups is 1. The molecule has 2 N–H and O–H groups in total. The Morgan fingerprint density at radius 2 is 2.11 bits per heavy atom. The molecule has 0 unspecified atom stereocenters. The summed E-state index contributed by atoms with van der Waals surface area (Å²) in [4.78, 5) is 12.2. The van der Waals surface area contributed by atoms with E-state index in [-0.39, 0.29) is 16.3 Å². The third-order valence-corrected chi connectivity index (χ3v) is 4.13. The van der Waals surface area contributed by atoms with Crippen molar-refractivity contribution in [3.8, 4) is 17.0 Å². The van der Waals surface area contributed by atoms with E-state index in [1.165, 1.54) is 18.2 Å². The lowest BCUT2D eigenvalue weighted by molar-refractivity contribution is 0.0950. The number of benzene rings is 2. The van der Waals surface area contributed by atoms with Gasteiger partial charge in [-0.2, -0.15) is 10.2 Å². The Morgan fingerprint density at radius 3 is 2.82 bits per heavy atom. The van der Waals surface area contributed by atoms with Crippen LogP contribution in [-0.4, -0.2) is 28.9 Å². The number of ether oxygens (including phenoxy) is 1. The van der Waals surface area contributed by atoms with Crippen LogP contribution in [0, 0.1) is 5.82 Å². The first-order valence-corrected chi connectivity index (χ1v) is 9.02. The topological polar surface area (TPSA) is 79.4 Å². The minimum absolute atomic E-state index is 0.0974. The number of amides is 1. The van der Waals surface area contributed by atoms with Crippen LogP contribution < -0.4 is 10.2 Å². The van der Waals surface area contributed by atoms with Gasteiger partial charge in [0.15, 0.2) is 0 Å². The SMILES string of the molecule is CCCOc1ccc(-c2cc(C(=O)N/N=C\c3c(F)cccc3Cl)[nH]n2)cc1. The number of H-pyrrole nitrogens is 1. The first kappa shape index (κ1) is 19.6. The zero-order chi connectivity index (χ0) is 19.9. The summed E-state index contributed by atoms with van der Waals surface area (Å²) in [6, 6.07) is 13.3. The first-order valence-electron chi connectivity index (χ1n) is 8.64. The maximum Gasteiger partial charge on any atom is 0.289 e. The number of nitrogens with one attached hydrogen (secondary N) is 2. The molecule has 3 aromatic rings. The van der Waals surface area contributed by atoms with E-state index in [1.54, 1.807) is 6.07 Å². The second-order valence-corrected chi connectivity index (χ2v) is 6.28. The Morgan fingerprint density at radius 1 is 1.32 bits per heavy atom. The van der Waals surface area contributed by atoms with E-state index < -0.39 is 11.7 Å². The molecule has 6 nitrogen and oxygen atoms in total. The molecular weight excluding hydrogens is 383 g/mol. The van der Waals surface area contributed by atoms with Gasteiger partial charge in [0.05, 0.1) is 23.5 Å². The predicted molar refractivity (Wildman–Crippen MR) is 106 cm³/mol. The van der Waals surface area contributed by atoms with Crippen LogP contribution in [0.15, 0.2) is 53.6 Å². The maximum atomic E-state index is 13.7. The fraction of sp³-hybridized carbons (Fsp3) is 0.150. The molecule has 0 aliphatic carbocycles. The highest BCUT2D eigenvalue weighted by Gasteiger charge is 2.11. The number of aromatic nitrogens is 2. The molecule has 3 rings (SSSR count). The summed E-state index contributed by atoms with van der Waals surface area (Å²) in [5.74, 6) is -0.258. The van der Waals surface area contributed by atoms with Crippen molar-refractivity contribution in [3.63, 3.8) is 0 Å². The molecule has 1 amide bonds. The van der Waals surface area contributed by atoms with E-state index in [0.717, 1.165) is 23.9 Å². The Hall–Kier alpha value is -3.19. The summed E-state index contributed by atoms with van der Waals surface area (Å²) >= 11 is 5.90. The van der Waals surface area contributed by atoms with E-state index in [4.69, 9.17) is 16.3 Å². The summed E-state index contributed by atoms with van der Waals surface area (Å²) in [5, 5.41) is 10.7. The summed E-state index contributed by atoms with van der Waals surface area (Å²) in [6.45, 7) is 2.70. The van der Waals surface area contributed by atoms with Gasteiger partial charge in [-0.25, -0.2) is 9.82 Å². The molecule has 8 heteroatoms. The third-order valence-electron chi connectivity index (χ3n) is 3.80. The molecule has 0 fully saturated rings. The van der Waals surface area contributed by atoms with Crippen molar-refractivity contribution in [2.75, 3.05) is 6.61 Å². The number of rotatable bonds is 7. The first-order chi connectivity index (χ1) is 13.6. The molecule has 0 saturated carbocycles. The van der Waals surface area contributed by atoms with Crippen molar-refractivity contribution in [3.05, 3.63) is 70.6 Å². The Balaban J connectivity index is 1.64. The largest absolute Gasteiger partial charge is 0.494 e. The normalized spacial score (nSPS) is 11.0. The van der Waals surface area contributed by atoms with Gasteiger partial charge in [0.1, 0.15) is 17.3 Å². The Kier molecular flexibility index (Phi) is 6.39. The van der Waals surface area contributed by atoms with Gasteiger partial charge in [0, 0.05) is 11.1 Å². The molecule has 0 radical (unpaired) electrons. The molecule has 0 aliphatic rings. The minimum Gasteiger partial charge on any atom is -0.494 e. The van der Waals surface area contributed by atoms with Crippen molar-refractivity contribution in [1.29, 1.82) is 0 Å². The van der Waals surface area contributed by atoms with Crippen LogP contribution in [0.2, 0.25) is 5.02 Å². The van der Waals surface area contributed by atoms with Crippen molar-refractivity contribution in [2.24, 2.45) is 5.10 Å². The summed E-state index contributed by atoms with van der Waals surface area (Å²) in [5.41, 5.74) is 4.07. The Bertz CT molecular complexity index is 966. The van der Waals surface area contributed by atoms with Gasteiger partial charge in [0.2, 0.25) is 0 Å². The van der Waals surface area contributed by atoms with E-state index in [0.29, 0.717) is 12.3 Å². The van der Waals surface area contributed by atoms with Gasteiger partial charge in [-0.15, -0.1) is 0 Å². The lowest BCUT2D eigenvalue weighted by Crippen LogP contribution is -2.18. The molecular formula is C20H18ClFN4O2. The van der Waals surface area contributed by atoms with Crippen molar-refractivity contribution in [1.82, 2.24) is 15.6 Å². The van der Waals surface area contributed by atoms with Crippen molar-refractivity contribution >= 4 is 23.7 Å². The number of halogens is 2. The predicted octanol–water partition coefficient (Wildman–Crippen LogP) is 4.42. The number of hydrogen-bond donors (Lipinski definition) is 2. The Labute approximate surface area is 166 Å². The fourth-order valence-corrected chi connectivity index (χ4v) is 2.59. The van der Waals surface area contributed by atoms with Crippen molar-refractivity contribution < 1.29 is 13.9 Å². The molecule has 0 aliphatic heterocycles. The average molecular weight is 401 g/mol. The summed E-state index contributed by atoms with van der Waals surface area (Å²) < 4.78 is 19.2. The zero-order valence-electron chi connectivity index (χ0n) is 15.1. The number of hydrogen-bond acceptors (Lipinski definition) is 4. The standard InChI is InChI=1S/C20H18ClFN4O2/c1-2-10-28-14-8-6-13(7-9-14)18-11-19(25-24-18)20(27)26-23-12-15-16(21)4-3-5-17(15)22/h3-9,11-12H,2,10H2,1H3,(H,24,25)(H,26,27)/b23-12-. The van der Waals surface area contributed by atoms with Gasteiger partial charge < -0.3 is 4.74 Å². The second kappa shape index (κ2) is 9.14. The second-order valence-electron chi connectivity index (χ2n) is 5.87. The average Bonchev–Trinajstić information content (AvgIpc) is 3.19. The maximum absolute atomic E-state index is 13.7. The van der Waals surface area contributed by atoms with Crippen LogP contribution in [0.4, 0.5) is 4.39 Å². The van der Waals surface area contributed by atoms with E-state index in [9.17, 15) is 9.18 Å². The molecule has 28 heavy (non-hydrogen) atoms. The number of carbonyl (C=O) groups is 1. The molecule has 0 saturated heterocycles. The lowest BCUT2D eigenvalue weighted by Gasteiger charge is -2.04. The minimum atomic E-state index is -0.527. The summed E-state index contributed by atoms with van der Waals surface area (Å²) in [7, 11) is 0. The highest BCUT2D eigenvalue weighted by Crippen LogP contribution is 2.21. The third kappa shape index (κ3) is 4.75. The number of aromatic amines is 1. The van der Waals surface area contributed by atoms with Gasteiger partial charge in [-0.05, 0) is 48.9 Å². The lowest BCUT2D eigenvalue weighted by atomic mass is 10.1. The monoisotopic (exact) mass is 400 g/mol. The van der Waals surface area contributed by atoms with E-state index in [2.05, 4.69) is 20.7 Å².